The van der Waals surface area contributed by atoms with Crippen LogP contribution in [0.25, 0.3) is 0 Å². The second-order valence-electron chi connectivity index (χ2n) is 9.33. The van der Waals surface area contributed by atoms with Gasteiger partial charge in [-0.2, -0.15) is 0 Å². The lowest BCUT2D eigenvalue weighted by Gasteiger charge is -2.09. The van der Waals surface area contributed by atoms with E-state index in [1.165, 1.54) is 18.5 Å². The highest BCUT2D eigenvalue weighted by atomic mass is 32.2. The van der Waals surface area contributed by atoms with Crippen LogP contribution in [-0.2, 0) is 45.0 Å². The number of anilines is 1. The molecule has 15 nitrogen and oxygen atoms in total. The molecule has 2 rings (SSSR count). The van der Waals surface area contributed by atoms with Crippen LogP contribution in [0, 0.1) is 0 Å². The lowest BCUT2D eigenvalue weighted by molar-refractivity contribution is -0.142. The number of amides is 2. The van der Waals surface area contributed by atoms with Gasteiger partial charge in [-0.1, -0.05) is 31.9 Å². The number of nitrogens with zero attached hydrogens (tertiary/aromatic N) is 2. The molecule has 2 amide bonds. The van der Waals surface area contributed by atoms with Crippen LogP contribution in [-0.4, -0.2) is 107 Å². The number of benzene rings is 1. The molecule has 0 atom stereocenters. The molecule has 2 aromatic rings. The highest BCUT2D eigenvalue weighted by Gasteiger charge is 2.17. The number of hydrogen-bond donors (Lipinski definition) is 4. The summed E-state index contributed by atoms with van der Waals surface area (Å²) in [5.74, 6) is -1.98. The number of rotatable bonds is 24. The van der Waals surface area contributed by atoms with Gasteiger partial charge < -0.3 is 34.7 Å². The summed E-state index contributed by atoms with van der Waals surface area (Å²) < 4.78 is 48.5. The van der Waals surface area contributed by atoms with Crippen molar-refractivity contribution < 1.29 is 46.9 Å². The molecule has 244 valence electrons. The Kier molecular flexibility index (Phi) is 17.5. The van der Waals surface area contributed by atoms with E-state index in [0.29, 0.717) is 0 Å². The molecule has 0 fully saturated rings. The number of ether oxygens (including phenoxy) is 4. The third kappa shape index (κ3) is 15.7. The standard InChI is InChI=1S/C28H41N5O10S/c1-2-3-4-6-22-7-5-8-24(17-22)44(38,39)33-28-31-18-23(19-32-28)27(37)30-10-12-41-13-15-42-20-25(34)29-9-11-40-14-16-43-21-26(35)36/h5,7-8,17-19H,2-4,6,9-16,20-21H2,1H3,(H,29,34)(H,30,37)(H,35,36)(H,31,32,33). The fourth-order valence-corrected chi connectivity index (χ4v) is 4.57. The molecular formula is C28H41N5O10S. The zero-order chi connectivity index (χ0) is 32.0. The molecule has 1 heterocycles. The number of carboxylic acids is 1. The Balaban J connectivity index is 1.56. The van der Waals surface area contributed by atoms with E-state index in [4.69, 9.17) is 24.1 Å². The summed E-state index contributed by atoms with van der Waals surface area (Å²) in [4.78, 5) is 42.3. The molecule has 0 aliphatic rings. The predicted molar refractivity (Wildman–Crippen MR) is 159 cm³/mol. The van der Waals surface area contributed by atoms with Crippen molar-refractivity contribution in [3.8, 4) is 0 Å². The number of carboxylic acid groups (broad SMARTS) is 1. The van der Waals surface area contributed by atoms with Gasteiger partial charge in [0.2, 0.25) is 11.9 Å². The van der Waals surface area contributed by atoms with Crippen molar-refractivity contribution in [1.29, 1.82) is 0 Å². The average molecular weight is 640 g/mol. The summed E-state index contributed by atoms with van der Waals surface area (Å²) in [6.07, 6.45) is 6.39. The van der Waals surface area contributed by atoms with Gasteiger partial charge >= 0.3 is 5.97 Å². The Hall–Kier alpha value is -3.70. The first-order valence-corrected chi connectivity index (χ1v) is 15.7. The minimum atomic E-state index is -3.89. The molecule has 44 heavy (non-hydrogen) atoms. The van der Waals surface area contributed by atoms with Crippen LogP contribution in [0.5, 0.6) is 0 Å². The highest BCUT2D eigenvalue weighted by molar-refractivity contribution is 7.92. The third-order valence-corrected chi connectivity index (χ3v) is 7.05. The largest absolute Gasteiger partial charge is 0.480 e. The number of nitrogens with one attached hydrogen (secondary N) is 3. The van der Waals surface area contributed by atoms with Gasteiger partial charge in [-0.15, -0.1) is 0 Å². The smallest absolute Gasteiger partial charge is 0.329 e. The van der Waals surface area contributed by atoms with Gasteiger partial charge in [-0.05, 0) is 30.5 Å². The summed E-state index contributed by atoms with van der Waals surface area (Å²) in [6.45, 7) is 3.24. The lowest BCUT2D eigenvalue weighted by Crippen LogP contribution is -2.31. The molecule has 0 aliphatic heterocycles. The summed E-state index contributed by atoms with van der Waals surface area (Å²) in [5, 5.41) is 13.7. The predicted octanol–water partition coefficient (Wildman–Crippen LogP) is 1.01. The number of aliphatic carboxylic acids is 1. The third-order valence-electron chi connectivity index (χ3n) is 5.72. The Labute approximate surface area is 257 Å². The molecule has 0 saturated heterocycles. The number of carbonyl (C=O) groups excluding carboxylic acids is 2. The van der Waals surface area contributed by atoms with Crippen molar-refractivity contribution in [3.05, 3.63) is 47.8 Å². The zero-order valence-electron chi connectivity index (χ0n) is 24.8. The van der Waals surface area contributed by atoms with Crippen LogP contribution in [0.4, 0.5) is 5.95 Å². The van der Waals surface area contributed by atoms with E-state index in [1.54, 1.807) is 12.1 Å². The van der Waals surface area contributed by atoms with Gasteiger partial charge in [-0.25, -0.2) is 27.9 Å². The number of hydrogen-bond acceptors (Lipinski definition) is 11. The number of aromatic nitrogens is 2. The van der Waals surface area contributed by atoms with Gasteiger partial charge in [0.05, 0.1) is 50.1 Å². The van der Waals surface area contributed by atoms with Crippen LogP contribution >= 0.6 is 0 Å². The van der Waals surface area contributed by atoms with Crippen molar-refractivity contribution >= 4 is 33.8 Å². The Bertz CT molecular complexity index is 1260. The van der Waals surface area contributed by atoms with E-state index in [9.17, 15) is 22.8 Å². The zero-order valence-corrected chi connectivity index (χ0v) is 25.6. The second-order valence-corrected chi connectivity index (χ2v) is 11.0. The van der Waals surface area contributed by atoms with Gasteiger partial charge in [0.25, 0.3) is 15.9 Å². The van der Waals surface area contributed by atoms with Crippen molar-refractivity contribution in [1.82, 2.24) is 20.6 Å². The van der Waals surface area contributed by atoms with E-state index in [-0.39, 0.29) is 88.3 Å². The van der Waals surface area contributed by atoms with Gasteiger partial charge in [0.15, 0.2) is 0 Å². The molecular weight excluding hydrogens is 598 g/mol. The summed E-state index contributed by atoms with van der Waals surface area (Å²) in [5.41, 5.74) is 1.09. The molecule has 0 spiro atoms. The Morgan fingerprint density at radius 3 is 2.14 bits per heavy atom. The number of unbranched alkanes of at least 4 members (excludes halogenated alkanes) is 2. The molecule has 1 aromatic heterocycles. The summed E-state index contributed by atoms with van der Waals surface area (Å²) in [7, 11) is -3.89. The second kappa shape index (κ2) is 21.1. The van der Waals surface area contributed by atoms with E-state index < -0.39 is 21.9 Å². The van der Waals surface area contributed by atoms with E-state index in [0.717, 1.165) is 31.2 Å². The maximum atomic E-state index is 12.8. The SMILES string of the molecule is CCCCCc1cccc(S(=O)(=O)Nc2ncc(C(=O)NCCOCCOCC(=O)NCCOCCOCC(=O)O)cn2)c1. The Morgan fingerprint density at radius 1 is 0.841 bits per heavy atom. The maximum Gasteiger partial charge on any atom is 0.329 e. The van der Waals surface area contributed by atoms with Crippen LogP contribution in [0.1, 0.15) is 42.1 Å². The highest BCUT2D eigenvalue weighted by Crippen LogP contribution is 2.16. The molecule has 0 saturated carbocycles. The molecule has 16 heteroatoms. The average Bonchev–Trinajstić information content (AvgIpc) is 3.00. The normalized spacial score (nSPS) is 11.2. The van der Waals surface area contributed by atoms with E-state index >= 15 is 0 Å². The first-order chi connectivity index (χ1) is 21.2. The quantitative estimate of drug-likeness (QED) is 0.119. The number of sulfonamides is 1. The van der Waals surface area contributed by atoms with Crippen LogP contribution in [0.2, 0.25) is 0 Å². The van der Waals surface area contributed by atoms with Crippen LogP contribution in [0.15, 0.2) is 41.6 Å². The van der Waals surface area contributed by atoms with Crippen molar-refractivity contribution in [2.24, 2.45) is 0 Å². The van der Waals surface area contributed by atoms with E-state index in [2.05, 4.69) is 32.2 Å². The molecule has 0 radical (unpaired) electrons. The number of aryl methyl sites for hydroxylation is 1. The van der Waals surface area contributed by atoms with Crippen LogP contribution < -0.4 is 15.4 Å². The summed E-state index contributed by atoms with van der Waals surface area (Å²) >= 11 is 0. The Morgan fingerprint density at radius 2 is 1.48 bits per heavy atom. The van der Waals surface area contributed by atoms with Crippen molar-refractivity contribution in [3.63, 3.8) is 0 Å². The van der Waals surface area contributed by atoms with Gasteiger partial charge in [-0.3, -0.25) is 9.59 Å². The first kappa shape index (κ1) is 36.5. The fraction of sp³-hybridized carbons (Fsp3) is 0.536. The molecule has 0 aliphatic carbocycles. The van der Waals surface area contributed by atoms with Crippen LogP contribution in [0.3, 0.4) is 0 Å². The molecule has 1 aromatic carbocycles. The maximum absolute atomic E-state index is 12.8. The van der Waals surface area contributed by atoms with Crippen molar-refractivity contribution in [2.45, 2.75) is 37.5 Å². The first-order valence-electron chi connectivity index (χ1n) is 14.2. The fourth-order valence-electron chi connectivity index (χ4n) is 3.54. The molecule has 0 bridgehead atoms. The molecule has 4 N–H and O–H groups in total. The number of carbonyl (C=O) groups is 3. The van der Waals surface area contributed by atoms with Gasteiger partial charge in [0.1, 0.15) is 13.2 Å². The van der Waals surface area contributed by atoms with Crippen molar-refractivity contribution in [2.75, 3.05) is 70.7 Å². The topological polar surface area (TPSA) is 204 Å². The molecule has 0 unspecified atom stereocenters. The van der Waals surface area contributed by atoms with Gasteiger partial charge in [0, 0.05) is 25.5 Å². The minimum Gasteiger partial charge on any atom is -0.480 e. The van der Waals surface area contributed by atoms with E-state index in [1.807, 2.05) is 6.07 Å². The monoisotopic (exact) mass is 639 g/mol. The lowest BCUT2D eigenvalue weighted by atomic mass is 10.1. The minimum absolute atomic E-state index is 0.117. The summed E-state index contributed by atoms with van der Waals surface area (Å²) in [6, 6.07) is 6.74.